The van der Waals surface area contributed by atoms with Gasteiger partial charge in [0.2, 0.25) is 0 Å². The van der Waals surface area contributed by atoms with Gasteiger partial charge in [-0.2, -0.15) is 0 Å². The molecule has 3 nitrogen and oxygen atoms in total. The van der Waals surface area contributed by atoms with Gasteiger partial charge < -0.3 is 9.84 Å². The van der Waals surface area contributed by atoms with Gasteiger partial charge in [-0.1, -0.05) is 12.1 Å². The molecule has 1 aliphatic rings. The first-order valence-electron chi connectivity index (χ1n) is 5.77. The van der Waals surface area contributed by atoms with Crippen molar-refractivity contribution < 1.29 is 19.0 Å². The minimum Gasteiger partial charge on any atom is -0.464 e. The summed E-state index contributed by atoms with van der Waals surface area (Å²) in [6.45, 7) is 1.92. The van der Waals surface area contributed by atoms with Crippen molar-refractivity contribution in [1.29, 1.82) is 0 Å². The van der Waals surface area contributed by atoms with E-state index in [2.05, 4.69) is 0 Å². The van der Waals surface area contributed by atoms with Gasteiger partial charge >= 0.3 is 5.97 Å². The average molecular weight is 238 g/mol. The fourth-order valence-corrected chi connectivity index (χ4v) is 2.36. The third-order valence-corrected chi connectivity index (χ3v) is 3.17. The van der Waals surface area contributed by atoms with Gasteiger partial charge in [0, 0.05) is 5.92 Å². The largest absolute Gasteiger partial charge is 0.464 e. The quantitative estimate of drug-likeness (QED) is 0.816. The summed E-state index contributed by atoms with van der Waals surface area (Å²) in [5.41, 5.74) is 1.34. The van der Waals surface area contributed by atoms with Crippen molar-refractivity contribution in [2.45, 2.75) is 31.8 Å². The molecule has 17 heavy (non-hydrogen) atoms. The van der Waals surface area contributed by atoms with Gasteiger partial charge in [0.15, 0.2) is 6.10 Å². The fraction of sp³-hybridized carbons (Fsp3) is 0.462. The molecule has 1 aromatic carbocycles. The highest BCUT2D eigenvalue weighted by atomic mass is 19.1. The predicted octanol–water partition coefficient (Wildman–Crippen LogP) is 1.78. The maximum atomic E-state index is 13.5. The number of hydrogen-bond acceptors (Lipinski definition) is 3. The summed E-state index contributed by atoms with van der Waals surface area (Å²) in [4.78, 5) is 11.5. The van der Waals surface area contributed by atoms with Crippen LogP contribution in [0.25, 0.3) is 0 Å². The maximum absolute atomic E-state index is 13.5. The minimum absolute atomic E-state index is 0.235. The van der Waals surface area contributed by atoms with E-state index in [4.69, 9.17) is 4.74 Å². The van der Waals surface area contributed by atoms with Gasteiger partial charge in [0.1, 0.15) is 5.82 Å². The second kappa shape index (κ2) is 4.84. The Balaban J connectivity index is 2.22. The van der Waals surface area contributed by atoms with Crippen LogP contribution in [-0.4, -0.2) is 23.8 Å². The van der Waals surface area contributed by atoms with E-state index >= 15 is 0 Å². The van der Waals surface area contributed by atoms with Crippen LogP contribution >= 0.6 is 0 Å². The molecule has 0 aliphatic heterocycles. The number of ether oxygens (including phenoxy) is 1. The van der Waals surface area contributed by atoms with Gasteiger partial charge in [-0.15, -0.1) is 0 Å². The molecule has 2 atom stereocenters. The normalized spacial score (nSPS) is 19.8. The Morgan fingerprint density at radius 1 is 1.65 bits per heavy atom. The molecule has 0 bridgehead atoms. The van der Waals surface area contributed by atoms with Gasteiger partial charge in [-0.25, -0.2) is 9.18 Å². The van der Waals surface area contributed by atoms with E-state index in [1.54, 1.807) is 19.1 Å². The molecule has 0 aromatic heterocycles. The zero-order valence-corrected chi connectivity index (χ0v) is 9.65. The summed E-state index contributed by atoms with van der Waals surface area (Å²) in [6.07, 6.45) is -0.0580. The maximum Gasteiger partial charge on any atom is 0.335 e. The number of benzene rings is 1. The molecule has 0 amide bonds. The van der Waals surface area contributed by atoms with E-state index in [9.17, 15) is 14.3 Å². The van der Waals surface area contributed by atoms with Crippen LogP contribution in [0.1, 0.15) is 30.4 Å². The molecule has 1 aliphatic carbocycles. The Morgan fingerprint density at radius 2 is 2.41 bits per heavy atom. The summed E-state index contributed by atoms with van der Waals surface area (Å²) < 4.78 is 18.3. The molecular formula is C13H15FO3. The first-order chi connectivity index (χ1) is 8.15. The van der Waals surface area contributed by atoms with Crippen molar-refractivity contribution >= 4 is 5.97 Å². The van der Waals surface area contributed by atoms with E-state index < -0.39 is 12.1 Å². The molecule has 0 saturated carbocycles. The molecular weight excluding hydrogens is 223 g/mol. The Morgan fingerprint density at radius 3 is 3.12 bits per heavy atom. The number of esters is 1. The van der Waals surface area contributed by atoms with Crippen LogP contribution in [0.2, 0.25) is 0 Å². The van der Waals surface area contributed by atoms with Crippen LogP contribution in [-0.2, 0) is 16.0 Å². The van der Waals surface area contributed by atoms with Crippen molar-refractivity contribution in [3.63, 3.8) is 0 Å². The van der Waals surface area contributed by atoms with E-state index in [-0.39, 0.29) is 18.3 Å². The Hall–Kier alpha value is -1.42. The van der Waals surface area contributed by atoms with Crippen molar-refractivity contribution in [3.8, 4) is 0 Å². The lowest BCUT2D eigenvalue weighted by atomic mass is 9.95. The standard InChI is InChI=1S/C13H15FO3/c1-2-17-13(16)12(15)10-7-6-9-8(10)4-3-5-11(9)14/h3-5,10,12,15H,2,6-7H2,1H3. The molecule has 2 rings (SSSR count). The van der Waals surface area contributed by atoms with Crippen LogP contribution in [0.15, 0.2) is 18.2 Å². The molecule has 1 aromatic rings. The average Bonchev–Trinajstić information content (AvgIpc) is 2.73. The summed E-state index contributed by atoms with van der Waals surface area (Å²) >= 11 is 0. The highest BCUT2D eigenvalue weighted by molar-refractivity contribution is 5.76. The minimum atomic E-state index is -1.20. The SMILES string of the molecule is CCOC(=O)C(O)C1CCc2c(F)cccc21. The summed E-state index contributed by atoms with van der Waals surface area (Å²) in [5, 5.41) is 9.89. The lowest BCUT2D eigenvalue weighted by molar-refractivity contribution is -0.154. The molecule has 0 saturated heterocycles. The van der Waals surface area contributed by atoms with Crippen molar-refractivity contribution in [1.82, 2.24) is 0 Å². The zero-order valence-electron chi connectivity index (χ0n) is 9.65. The van der Waals surface area contributed by atoms with Crippen LogP contribution in [0.3, 0.4) is 0 Å². The summed E-state index contributed by atoms with van der Waals surface area (Å²) in [5.74, 6) is -1.24. The highest BCUT2D eigenvalue weighted by Crippen LogP contribution is 2.37. The molecule has 0 spiro atoms. The third kappa shape index (κ3) is 2.17. The molecule has 1 N–H and O–H groups in total. The predicted molar refractivity (Wildman–Crippen MR) is 60.1 cm³/mol. The Kier molecular flexibility index (Phi) is 3.43. The van der Waals surface area contributed by atoms with Gasteiger partial charge in [0.25, 0.3) is 0 Å². The number of halogens is 1. The van der Waals surface area contributed by atoms with Crippen molar-refractivity contribution in [2.75, 3.05) is 6.61 Å². The Labute approximate surface area is 99.2 Å². The highest BCUT2D eigenvalue weighted by Gasteiger charge is 2.34. The number of aliphatic hydroxyl groups excluding tert-OH is 1. The number of rotatable bonds is 3. The molecule has 0 heterocycles. The Bertz CT molecular complexity index is 431. The van der Waals surface area contributed by atoms with Crippen LogP contribution < -0.4 is 0 Å². The second-order valence-corrected chi connectivity index (χ2v) is 4.15. The van der Waals surface area contributed by atoms with E-state index in [1.807, 2.05) is 0 Å². The van der Waals surface area contributed by atoms with Crippen LogP contribution in [0.5, 0.6) is 0 Å². The van der Waals surface area contributed by atoms with E-state index in [1.165, 1.54) is 6.07 Å². The molecule has 0 radical (unpaired) electrons. The third-order valence-electron chi connectivity index (χ3n) is 3.17. The smallest absolute Gasteiger partial charge is 0.335 e. The zero-order chi connectivity index (χ0) is 12.4. The van der Waals surface area contributed by atoms with Crippen molar-refractivity contribution in [3.05, 3.63) is 35.1 Å². The molecule has 92 valence electrons. The van der Waals surface area contributed by atoms with E-state index in [0.29, 0.717) is 18.4 Å². The lowest BCUT2D eigenvalue weighted by Crippen LogP contribution is -2.28. The van der Waals surface area contributed by atoms with E-state index in [0.717, 1.165) is 5.56 Å². The first kappa shape index (κ1) is 12.0. The van der Waals surface area contributed by atoms with Crippen LogP contribution in [0.4, 0.5) is 4.39 Å². The van der Waals surface area contributed by atoms with Crippen LogP contribution in [0, 0.1) is 5.82 Å². The molecule has 2 unspecified atom stereocenters. The van der Waals surface area contributed by atoms with Gasteiger partial charge in [0.05, 0.1) is 6.61 Å². The van der Waals surface area contributed by atoms with Gasteiger partial charge in [-0.3, -0.25) is 0 Å². The molecule has 0 fully saturated rings. The monoisotopic (exact) mass is 238 g/mol. The first-order valence-corrected chi connectivity index (χ1v) is 5.77. The number of fused-ring (bicyclic) bond motifs is 1. The summed E-state index contributed by atoms with van der Waals surface area (Å²) in [6, 6.07) is 4.76. The molecule has 4 heteroatoms. The summed E-state index contributed by atoms with van der Waals surface area (Å²) in [7, 11) is 0. The number of carbonyl (C=O) groups is 1. The lowest BCUT2D eigenvalue weighted by Gasteiger charge is -2.17. The van der Waals surface area contributed by atoms with Crippen molar-refractivity contribution in [2.24, 2.45) is 0 Å². The number of aliphatic hydroxyl groups is 1. The number of carbonyl (C=O) groups excluding carboxylic acids is 1. The van der Waals surface area contributed by atoms with Gasteiger partial charge in [-0.05, 0) is 37.0 Å². The fourth-order valence-electron chi connectivity index (χ4n) is 2.36. The topological polar surface area (TPSA) is 46.5 Å². The number of hydrogen-bond donors (Lipinski definition) is 1. The second-order valence-electron chi connectivity index (χ2n) is 4.15.